The van der Waals surface area contributed by atoms with Crippen LogP contribution in [-0.4, -0.2) is 55.0 Å². The van der Waals surface area contributed by atoms with Crippen LogP contribution in [0.4, 0.5) is 0 Å². The van der Waals surface area contributed by atoms with Crippen LogP contribution in [0.25, 0.3) is 0 Å². The van der Waals surface area contributed by atoms with Crippen LogP contribution >= 0.6 is 0 Å². The van der Waals surface area contributed by atoms with Gasteiger partial charge < -0.3 is 25.5 Å². The SMILES string of the molecule is C=C1[C@@H]2CC[C@@H]3C[C@@]2(C[C@@H](O)[C@@]2(O)[C@@H]1[C@H](O)[C@H](O)C2(C)C)C[C@@]3(C)O. The summed E-state index contributed by atoms with van der Waals surface area (Å²) < 4.78 is 0. The summed E-state index contributed by atoms with van der Waals surface area (Å²) in [5.74, 6) is -0.499. The molecule has 4 rings (SSSR count). The molecule has 0 heterocycles. The first kappa shape index (κ1) is 17.9. The van der Waals surface area contributed by atoms with E-state index in [4.69, 9.17) is 0 Å². The summed E-state index contributed by atoms with van der Waals surface area (Å²) >= 11 is 0. The fourth-order valence-corrected chi connectivity index (χ4v) is 7.27. The molecule has 0 aliphatic heterocycles. The Morgan fingerprint density at radius 3 is 2.28 bits per heavy atom. The largest absolute Gasteiger partial charge is 0.390 e. The Morgan fingerprint density at radius 2 is 1.64 bits per heavy atom. The van der Waals surface area contributed by atoms with Crippen molar-refractivity contribution in [1.29, 1.82) is 0 Å². The summed E-state index contributed by atoms with van der Waals surface area (Å²) in [6.45, 7) is 9.56. The van der Waals surface area contributed by atoms with Crippen LogP contribution in [0.3, 0.4) is 0 Å². The van der Waals surface area contributed by atoms with Crippen molar-refractivity contribution < 1.29 is 25.5 Å². The zero-order valence-electron chi connectivity index (χ0n) is 15.4. The zero-order valence-corrected chi connectivity index (χ0v) is 15.4. The van der Waals surface area contributed by atoms with E-state index in [1.165, 1.54) is 0 Å². The van der Waals surface area contributed by atoms with Gasteiger partial charge in [-0.3, -0.25) is 0 Å². The minimum absolute atomic E-state index is 0.0437. The lowest BCUT2D eigenvalue weighted by Crippen LogP contribution is -2.56. The molecule has 5 N–H and O–H groups in total. The zero-order chi connectivity index (χ0) is 18.6. The number of fused-ring (bicyclic) bond motifs is 2. The second-order valence-corrected chi connectivity index (χ2v) is 10.2. The molecule has 1 spiro atoms. The maximum Gasteiger partial charge on any atom is 0.107 e. The van der Waals surface area contributed by atoms with Crippen LogP contribution < -0.4 is 0 Å². The molecule has 9 atom stereocenters. The van der Waals surface area contributed by atoms with Gasteiger partial charge in [0.05, 0.1) is 23.9 Å². The average molecular weight is 352 g/mol. The molecule has 4 saturated carbocycles. The minimum Gasteiger partial charge on any atom is -0.390 e. The van der Waals surface area contributed by atoms with Crippen molar-refractivity contribution in [2.24, 2.45) is 28.6 Å². The molecule has 0 amide bonds. The molecule has 2 bridgehead atoms. The van der Waals surface area contributed by atoms with Crippen molar-refractivity contribution >= 4 is 0 Å². The number of rotatable bonds is 0. The smallest absolute Gasteiger partial charge is 0.107 e. The van der Waals surface area contributed by atoms with Crippen LogP contribution in [-0.2, 0) is 0 Å². The van der Waals surface area contributed by atoms with E-state index in [1.54, 1.807) is 13.8 Å². The molecule has 0 unspecified atom stereocenters. The Kier molecular flexibility index (Phi) is 3.49. The van der Waals surface area contributed by atoms with Crippen molar-refractivity contribution in [1.82, 2.24) is 0 Å². The van der Waals surface area contributed by atoms with Crippen molar-refractivity contribution in [3.63, 3.8) is 0 Å². The van der Waals surface area contributed by atoms with E-state index in [0.717, 1.165) is 24.8 Å². The summed E-state index contributed by atoms with van der Waals surface area (Å²) in [6, 6.07) is 0. The fourth-order valence-electron chi connectivity index (χ4n) is 7.27. The predicted molar refractivity (Wildman–Crippen MR) is 92.5 cm³/mol. The quantitative estimate of drug-likeness (QED) is 0.418. The lowest BCUT2D eigenvalue weighted by Gasteiger charge is -2.44. The third kappa shape index (κ3) is 1.91. The standard InChI is InChI=1S/C20H32O5/c1-10-12-6-5-11-7-19(12,9-18(11,4)24)8-13(21)20(25)14(10)15(22)16(23)17(20,2)3/h11-16,21-25H,1,5-9H2,2-4H3/t11-,12+,13-,14+,15+,16+,18-,19-,20-/m1/s1. The van der Waals surface area contributed by atoms with Gasteiger partial charge in [0.2, 0.25) is 0 Å². The normalized spacial score (nSPS) is 60.1. The Bertz CT molecular complexity index is 613. The summed E-state index contributed by atoms with van der Waals surface area (Å²) in [4.78, 5) is 0. The monoisotopic (exact) mass is 352 g/mol. The van der Waals surface area contributed by atoms with Crippen molar-refractivity contribution in [3.8, 4) is 0 Å². The summed E-state index contributed by atoms with van der Waals surface area (Å²) in [5.41, 5.74) is -2.98. The van der Waals surface area contributed by atoms with Crippen LogP contribution in [0.1, 0.15) is 52.9 Å². The van der Waals surface area contributed by atoms with Crippen LogP contribution in [0.5, 0.6) is 0 Å². The van der Waals surface area contributed by atoms with E-state index >= 15 is 0 Å². The van der Waals surface area contributed by atoms with Gasteiger partial charge in [0.1, 0.15) is 5.60 Å². The van der Waals surface area contributed by atoms with Gasteiger partial charge >= 0.3 is 0 Å². The van der Waals surface area contributed by atoms with Crippen LogP contribution in [0, 0.1) is 28.6 Å². The molecule has 4 aliphatic carbocycles. The lowest BCUT2D eigenvalue weighted by molar-refractivity contribution is -0.169. The molecule has 25 heavy (non-hydrogen) atoms. The summed E-state index contributed by atoms with van der Waals surface area (Å²) in [6.07, 6.45) is 0.190. The van der Waals surface area contributed by atoms with Gasteiger partial charge in [-0.2, -0.15) is 0 Å². The van der Waals surface area contributed by atoms with Crippen molar-refractivity contribution in [2.45, 2.75) is 82.4 Å². The first-order valence-electron chi connectivity index (χ1n) is 9.56. The fraction of sp³-hybridized carbons (Fsp3) is 0.900. The van der Waals surface area contributed by atoms with Crippen molar-refractivity contribution in [2.75, 3.05) is 0 Å². The molecule has 0 aromatic heterocycles. The van der Waals surface area contributed by atoms with Gasteiger partial charge in [0, 0.05) is 11.3 Å². The second kappa shape index (κ2) is 4.87. The van der Waals surface area contributed by atoms with Gasteiger partial charge in [-0.15, -0.1) is 0 Å². The maximum atomic E-state index is 11.6. The van der Waals surface area contributed by atoms with Gasteiger partial charge in [-0.05, 0) is 56.3 Å². The van der Waals surface area contributed by atoms with Gasteiger partial charge in [0.15, 0.2) is 0 Å². The molecule has 4 fully saturated rings. The second-order valence-electron chi connectivity index (χ2n) is 10.2. The van der Waals surface area contributed by atoms with Crippen LogP contribution in [0.2, 0.25) is 0 Å². The van der Waals surface area contributed by atoms with Crippen molar-refractivity contribution in [3.05, 3.63) is 12.2 Å². The molecular weight excluding hydrogens is 320 g/mol. The summed E-state index contributed by atoms with van der Waals surface area (Å²) in [7, 11) is 0. The molecule has 5 nitrogen and oxygen atoms in total. The molecule has 5 heteroatoms. The first-order valence-corrected chi connectivity index (χ1v) is 9.56. The Balaban J connectivity index is 1.84. The highest BCUT2D eigenvalue weighted by Crippen LogP contribution is 2.68. The minimum atomic E-state index is -1.63. The molecule has 142 valence electrons. The van der Waals surface area contributed by atoms with Crippen LogP contribution in [0.15, 0.2) is 12.2 Å². The first-order chi connectivity index (χ1) is 11.4. The van der Waals surface area contributed by atoms with Gasteiger partial charge in [0.25, 0.3) is 0 Å². The molecule has 0 radical (unpaired) electrons. The lowest BCUT2D eigenvalue weighted by atomic mass is 9.62. The molecule has 0 aromatic carbocycles. The topological polar surface area (TPSA) is 101 Å². The molecular formula is C20H32O5. The number of aliphatic hydroxyl groups is 5. The number of hydrogen-bond acceptors (Lipinski definition) is 5. The summed E-state index contributed by atoms with van der Waals surface area (Å²) in [5, 5.41) is 54.9. The maximum absolute atomic E-state index is 11.6. The van der Waals surface area contributed by atoms with Gasteiger partial charge in [-0.1, -0.05) is 26.0 Å². The highest BCUT2D eigenvalue weighted by molar-refractivity contribution is 5.32. The highest BCUT2D eigenvalue weighted by atomic mass is 16.4. The average Bonchev–Trinajstić information content (AvgIpc) is 2.74. The number of aliphatic hydroxyl groups excluding tert-OH is 3. The predicted octanol–water partition coefficient (Wildman–Crippen LogP) is 0.973. The number of hydrogen-bond donors (Lipinski definition) is 5. The third-order valence-electron chi connectivity index (χ3n) is 8.65. The Labute approximate surface area is 149 Å². The van der Waals surface area contributed by atoms with E-state index in [-0.39, 0.29) is 17.3 Å². The third-order valence-corrected chi connectivity index (χ3v) is 8.65. The molecule has 0 saturated heterocycles. The van der Waals surface area contributed by atoms with E-state index in [2.05, 4.69) is 6.58 Å². The van der Waals surface area contributed by atoms with E-state index in [9.17, 15) is 25.5 Å². The van der Waals surface area contributed by atoms with E-state index in [1.807, 2.05) is 6.92 Å². The van der Waals surface area contributed by atoms with Gasteiger partial charge in [-0.25, -0.2) is 0 Å². The van der Waals surface area contributed by atoms with E-state index in [0.29, 0.717) is 12.8 Å². The highest BCUT2D eigenvalue weighted by Gasteiger charge is 2.72. The van der Waals surface area contributed by atoms with E-state index < -0.39 is 40.8 Å². The molecule has 4 aliphatic rings. The Hall–Kier alpha value is -0.460. The Morgan fingerprint density at radius 1 is 1.00 bits per heavy atom. The molecule has 0 aromatic rings.